The lowest BCUT2D eigenvalue weighted by atomic mass is 10.1. The molecule has 0 aliphatic heterocycles. The lowest BCUT2D eigenvalue weighted by molar-refractivity contribution is 0.0952. The van der Waals surface area contributed by atoms with Gasteiger partial charge in [0.2, 0.25) is 5.95 Å². The van der Waals surface area contributed by atoms with Gasteiger partial charge in [0.25, 0.3) is 5.91 Å². The number of nitrogens with one attached hydrogen (secondary N) is 3. The van der Waals surface area contributed by atoms with E-state index in [2.05, 4.69) is 36.6 Å². The first-order chi connectivity index (χ1) is 15.0. The molecule has 0 aliphatic rings. The molecule has 8 nitrogen and oxygen atoms in total. The van der Waals surface area contributed by atoms with E-state index in [0.29, 0.717) is 29.6 Å². The third-order valence-corrected chi connectivity index (χ3v) is 4.95. The van der Waals surface area contributed by atoms with Crippen molar-refractivity contribution in [3.63, 3.8) is 0 Å². The number of amides is 1. The number of aromatic nitrogens is 4. The number of benzene rings is 1. The van der Waals surface area contributed by atoms with Crippen LogP contribution in [0, 0.1) is 6.92 Å². The van der Waals surface area contributed by atoms with E-state index in [1.54, 1.807) is 18.2 Å². The van der Waals surface area contributed by atoms with Crippen molar-refractivity contribution in [3.05, 3.63) is 77.4 Å². The predicted molar refractivity (Wildman–Crippen MR) is 119 cm³/mol. The summed E-state index contributed by atoms with van der Waals surface area (Å²) in [4.78, 5) is 39.8. The molecule has 0 saturated carbocycles. The van der Waals surface area contributed by atoms with E-state index in [9.17, 15) is 9.59 Å². The SMILES string of the molecule is CC(=O)c1cccc(Nc2ncc(C(=O)NCCc3c(C)[nH]c4ccccc34)cn2)n1. The molecule has 0 bridgehead atoms. The molecule has 3 aromatic heterocycles. The van der Waals surface area contributed by atoms with Gasteiger partial charge in [-0.15, -0.1) is 0 Å². The van der Waals surface area contributed by atoms with Gasteiger partial charge in [0, 0.05) is 42.5 Å². The van der Waals surface area contributed by atoms with E-state index < -0.39 is 0 Å². The van der Waals surface area contributed by atoms with Gasteiger partial charge in [0.15, 0.2) is 5.78 Å². The lowest BCUT2D eigenvalue weighted by Crippen LogP contribution is -2.26. The number of ketones is 1. The maximum Gasteiger partial charge on any atom is 0.254 e. The molecule has 0 radical (unpaired) electrons. The summed E-state index contributed by atoms with van der Waals surface area (Å²) in [5.41, 5.74) is 4.13. The number of hydrogen-bond acceptors (Lipinski definition) is 6. The molecule has 0 saturated heterocycles. The van der Waals surface area contributed by atoms with Crippen molar-refractivity contribution >= 4 is 34.4 Å². The summed E-state index contributed by atoms with van der Waals surface area (Å²) in [5.74, 6) is 0.387. The number of fused-ring (bicyclic) bond motifs is 1. The van der Waals surface area contributed by atoms with Crippen molar-refractivity contribution in [3.8, 4) is 0 Å². The second kappa shape index (κ2) is 8.74. The second-order valence-corrected chi connectivity index (χ2v) is 7.16. The zero-order valence-electron chi connectivity index (χ0n) is 17.3. The molecule has 0 unspecified atom stereocenters. The fourth-order valence-electron chi connectivity index (χ4n) is 3.38. The summed E-state index contributed by atoms with van der Waals surface area (Å²) in [6, 6.07) is 13.2. The summed E-state index contributed by atoms with van der Waals surface area (Å²) in [6.45, 7) is 4.00. The van der Waals surface area contributed by atoms with Gasteiger partial charge in [-0.05, 0) is 37.1 Å². The maximum atomic E-state index is 12.4. The highest BCUT2D eigenvalue weighted by Gasteiger charge is 2.11. The van der Waals surface area contributed by atoms with E-state index in [0.717, 1.165) is 17.6 Å². The summed E-state index contributed by atoms with van der Waals surface area (Å²) in [5, 5.41) is 7.02. The molecule has 8 heteroatoms. The van der Waals surface area contributed by atoms with Crippen LogP contribution in [0.1, 0.15) is 39.0 Å². The third kappa shape index (κ3) is 4.58. The Morgan fingerprint density at radius 2 is 1.81 bits per heavy atom. The Hall–Kier alpha value is -4.07. The number of Topliss-reactive ketones (excluding diaryl/α,β-unsaturated/α-hetero) is 1. The number of para-hydroxylation sites is 1. The summed E-state index contributed by atoms with van der Waals surface area (Å²) in [7, 11) is 0. The van der Waals surface area contributed by atoms with Crippen LogP contribution in [0.25, 0.3) is 10.9 Å². The van der Waals surface area contributed by atoms with Gasteiger partial charge >= 0.3 is 0 Å². The molecular weight excluding hydrogens is 392 g/mol. The summed E-state index contributed by atoms with van der Waals surface area (Å²) >= 11 is 0. The van der Waals surface area contributed by atoms with Crippen molar-refractivity contribution < 1.29 is 9.59 Å². The molecule has 4 aromatic rings. The van der Waals surface area contributed by atoms with Crippen LogP contribution in [-0.2, 0) is 6.42 Å². The van der Waals surface area contributed by atoms with Crippen LogP contribution in [0.5, 0.6) is 0 Å². The maximum absolute atomic E-state index is 12.4. The zero-order chi connectivity index (χ0) is 21.8. The molecule has 1 amide bonds. The van der Waals surface area contributed by atoms with Gasteiger partial charge in [0.05, 0.1) is 5.56 Å². The first-order valence-corrected chi connectivity index (χ1v) is 9.92. The van der Waals surface area contributed by atoms with Crippen LogP contribution >= 0.6 is 0 Å². The molecule has 3 N–H and O–H groups in total. The minimum atomic E-state index is -0.235. The van der Waals surface area contributed by atoms with Gasteiger partial charge in [-0.2, -0.15) is 0 Å². The average Bonchev–Trinajstić information content (AvgIpc) is 3.09. The lowest BCUT2D eigenvalue weighted by Gasteiger charge is -2.07. The van der Waals surface area contributed by atoms with Crippen LogP contribution in [-0.4, -0.2) is 38.2 Å². The quantitative estimate of drug-likeness (QED) is 0.399. The normalized spacial score (nSPS) is 10.8. The highest BCUT2D eigenvalue weighted by atomic mass is 16.1. The molecule has 0 aliphatic carbocycles. The van der Waals surface area contributed by atoms with Crippen molar-refractivity contribution in [2.45, 2.75) is 20.3 Å². The molecule has 0 atom stereocenters. The average molecular weight is 414 g/mol. The summed E-state index contributed by atoms with van der Waals surface area (Å²) in [6.07, 6.45) is 3.63. The number of carbonyl (C=O) groups is 2. The second-order valence-electron chi connectivity index (χ2n) is 7.16. The van der Waals surface area contributed by atoms with E-state index >= 15 is 0 Å². The number of nitrogens with zero attached hydrogens (tertiary/aromatic N) is 3. The fourth-order valence-corrected chi connectivity index (χ4v) is 3.38. The minimum Gasteiger partial charge on any atom is -0.358 e. The van der Waals surface area contributed by atoms with Crippen molar-refractivity contribution in [2.75, 3.05) is 11.9 Å². The Balaban J connectivity index is 1.35. The van der Waals surface area contributed by atoms with Crippen LogP contribution in [0.15, 0.2) is 54.9 Å². The number of hydrogen-bond donors (Lipinski definition) is 3. The molecule has 3 heterocycles. The Morgan fingerprint density at radius 3 is 2.58 bits per heavy atom. The van der Waals surface area contributed by atoms with E-state index in [-0.39, 0.29) is 11.7 Å². The Morgan fingerprint density at radius 1 is 1.03 bits per heavy atom. The van der Waals surface area contributed by atoms with Crippen molar-refractivity contribution in [1.82, 2.24) is 25.3 Å². The minimum absolute atomic E-state index is 0.126. The smallest absolute Gasteiger partial charge is 0.254 e. The first kappa shape index (κ1) is 20.2. The molecule has 1 aromatic carbocycles. The monoisotopic (exact) mass is 414 g/mol. The Kier molecular flexibility index (Phi) is 5.70. The number of aryl methyl sites for hydroxylation is 1. The number of aromatic amines is 1. The topological polar surface area (TPSA) is 113 Å². The van der Waals surface area contributed by atoms with E-state index in [4.69, 9.17) is 0 Å². The summed E-state index contributed by atoms with van der Waals surface area (Å²) < 4.78 is 0. The van der Waals surface area contributed by atoms with Crippen molar-refractivity contribution in [2.24, 2.45) is 0 Å². The highest BCUT2D eigenvalue weighted by Crippen LogP contribution is 2.22. The van der Waals surface area contributed by atoms with E-state index in [1.807, 2.05) is 25.1 Å². The zero-order valence-corrected chi connectivity index (χ0v) is 17.3. The number of carbonyl (C=O) groups excluding carboxylic acids is 2. The van der Waals surface area contributed by atoms with Gasteiger partial charge in [-0.25, -0.2) is 15.0 Å². The number of pyridine rings is 1. The van der Waals surface area contributed by atoms with Gasteiger partial charge in [0.1, 0.15) is 11.5 Å². The first-order valence-electron chi connectivity index (χ1n) is 9.92. The molecule has 31 heavy (non-hydrogen) atoms. The Labute approximate surface area is 179 Å². The van der Waals surface area contributed by atoms with Gasteiger partial charge in [-0.1, -0.05) is 24.3 Å². The number of rotatable bonds is 7. The molecule has 156 valence electrons. The highest BCUT2D eigenvalue weighted by molar-refractivity contribution is 5.94. The largest absolute Gasteiger partial charge is 0.358 e. The predicted octanol–water partition coefficient (Wildman–Crippen LogP) is 3.58. The molecule has 0 fully saturated rings. The van der Waals surface area contributed by atoms with Crippen LogP contribution < -0.4 is 10.6 Å². The van der Waals surface area contributed by atoms with Crippen LogP contribution in [0.3, 0.4) is 0 Å². The van der Waals surface area contributed by atoms with Crippen molar-refractivity contribution in [1.29, 1.82) is 0 Å². The number of anilines is 2. The third-order valence-electron chi connectivity index (χ3n) is 4.95. The Bertz CT molecular complexity index is 1250. The van der Waals surface area contributed by atoms with Gasteiger partial charge < -0.3 is 15.6 Å². The molecule has 4 rings (SSSR count). The van der Waals surface area contributed by atoms with Crippen LogP contribution in [0.4, 0.5) is 11.8 Å². The van der Waals surface area contributed by atoms with Gasteiger partial charge in [-0.3, -0.25) is 9.59 Å². The fraction of sp³-hybridized carbons (Fsp3) is 0.174. The molecule has 0 spiro atoms. The number of H-pyrrole nitrogens is 1. The van der Waals surface area contributed by atoms with Crippen LogP contribution in [0.2, 0.25) is 0 Å². The molecular formula is C23H22N6O2. The van der Waals surface area contributed by atoms with E-state index in [1.165, 1.54) is 30.3 Å². The standard InChI is InChI=1S/C23H22N6O2/c1-14-17(18-6-3-4-7-20(18)27-14)10-11-24-22(31)16-12-25-23(26-13-16)29-21-9-5-8-19(28-21)15(2)30/h3-9,12-13,27H,10-11H2,1-2H3,(H,24,31)(H,25,26,28,29).